The Kier molecular flexibility index (Phi) is 5.93. The molecule has 3 aromatic rings. The molecule has 0 radical (unpaired) electrons. The van der Waals surface area contributed by atoms with Crippen LogP contribution in [0.2, 0.25) is 0 Å². The van der Waals surface area contributed by atoms with Crippen LogP contribution < -0.4 is 10.1 Å². The summed E-state index contributed by atoms with van der Waals surface area (Å²) in [4.78, 5) is 23.9. The lowest BCUT2D eigenvalue weighted by molar-refractivity contribution is -0.138. The molecule has 1 fully saturated rings. The van der Waals surface area contributed by atoms with E-state index in [-0.39, 0.29) is 17.9 Å². The minimum absolute atomic E-state index is 0.0834. The highest BCUT2D eigenvalue weighted by Crippen LogP contribution is 2.28. The monoisotopic (exact) mass is 447 g/mol. The zero-order valence-electron chi connectivity index (χ0n) is 17.1. The number of hydrogen-bond donors (Lipinski definition) is 1. The lowest BCUT2D eigenvalue weighted by atomic mass is 10.0. The number of hydrogen-bond acceptors (Lipinski definition) is 7. The first kappa shape index (κ1) is 21.5. The molecular formula is C20H20F3N7O2. The standard InChI is InChI=1S/C20H20F3N7O2/c1-32-15-4-5-17(30-26-6-7-27-30)16(9-15)18(31)29-8-2-3-14(12-29)28-19-24-10-13(11-25-19)20(21,22)23/h4-7,9-11,14H,2-3,8,12H2,1H3,(H,24,25,28). The van der Waals surface area contributed by atoms with Gasteiger partial charge in [0.15, 0.2) is 0 Å². The van der Waals surface area contributed by atoms with Gasteiger partial charge < -0.3 is 15.0 Å². The van der Waals surface area contributed by atoms with Crippen LogP contribution in [0.25, 0.3) is 5.69 Å². The van der Waals surface area contributed by atoms with Gasteiger partial charge in [0.2, 0.25) is 5.95 Å². The number of amides is 1. The molecule has 0 aliphatic carbocycles. The van der Waals surface area contributed by atoms with Crippen LogP contribution in [0.15, 0.2) is 43.0 Å². The molecular weight excluding hydrogens is 427 g/mol. The lowest BCUT2D eigenvalue weighted by Gasteiger charge is -2.33. The van der Waals surface area contributed by atoms with Crippen LogP contribution in [0.5, 0.6) is 5.75 Å². The molecule has 12 heteroatoms. The third-order valence-corrected chi connectivity index (χ3v) is 5.09. The Morgan fingerprint density at radius 2 is 1.91 bits per heavy atom. The number of ether oxygens (including phenoxy) is 1. The molecule has 1 N–H and O–H groups in total. The van der Waals surface area contributed by atoms with Gasteiger partial charge in [0.1, 0.15) is 5.75 Å². The van der Waals surface area contributed by atoms with E-state index < -0.39 is 11.7 Å². The topological polar surface area (TPSA) is 98.1 Å². The van der Waals surface area contributed by atoms with Crippen LogP contribution in [-0.2, 0) is 6.18 Å². The van der Waals surface area contributed by atoms with Crippen molar-refractivity contribution >= 4 is 11.9 Å². The highest BCUT2D eigenvalue weighted by molar-refractivity contribution is 5.98. The minimum atomic E-state index is -4.50. The van der Waals surface area contributed by atoms with Crippen molar-refractivity contribution in [2.75, 3.05) is 25.5 Å². The first-order valence-electron chi connectivity index (χ1n) is 9.85. The molecule has 4 rings (SSSR count). The average molecular weight is 447 g/mol. The molecule has 1 aromatic carbocycles. The fourth-order valence-corrected chi connectivity index (χ4v) is 3.51. The van der Waals surface area contributed by atoms with Crippen molar-refractivity contribution in [1.29, 1.82) is 0 Å². The fraction of sp³-hybridized carbons (Fsp3) is 0.350. The zero-order valence-corrected chi connectivity index (χ0v) is 17.1. The summed E-state index contributed by atoms with van der Waals surface area (Å²) in [6, 6.07) is 4.86. The minimum Gasteiger partial charge on any atom is -0.497 e. The van der Waals surface area contributed by atoms with E-state index >= 15 is 0 Å². The summed E-state index contributed by atoms with van der Waals surface area (Å²) in [6.07, 6.45) is 1.45. The number of likely N-dealkylation sites (tertiary alicyclic amines) is 1. The molecule has 0 spiro atoms. The summed E-state index contributed by atoms with van der Waals surface area (Å²) in [5.41, 5.74) is -0.0183. The van der Waals surface area contributed by atoms with E-state index in [0.717, 1.165) is 18.8 Å². The Bertz CT molecular complexity index is 1070. The quantitative estimate of drug-likeness (QED) is 0.642. The second-order valence-electron chi connectivity index (χ2n) is 7.23. The lowest BCUT2D eigenvalue weighted by Crippen LogP contribution is -2.45. The first-order valence-corrected chi connectivity index (χ1v) is 9.85. The summed E-state index contributed by atoms with van der Waals surface area (Å²) in [5.74, 6) is 0.380. The maximum Gasteiger partial charge on any atom is 0.419 e. The molecule has 1 aliphatic rings. The van der Waals surface area contributed by atoms with Gasteiger partial charge in [0.25, 0.3) is 5.91 Å². The van der Waals surface area contributed by atoms with Crippen molar-refractivity contribution in [2.45, 2.75) is 25.1 Å². The molecule has 1 aliphatic heterocycles. The number of nitrogens with zero attached hydrogens (tertiary/aromatic N) is 6. The number of halogens is 3. The summed E-state index contributed by atoms with van der Waals surface area (Å²) >= 11 is 0. The van der Waals surface area contributed by atoms with E-state index in [0.29, 0.717) is 36.5 Å². The molecule has 1 unspecified atom stereocenters. The number of rotatable bonds is 5. The molecule has 32 heavy (non-hydrogen) atoms. The normalized spacial score (nSPS) is 16.6. The maximum absolute atomic E-state index is 13.4. The smallest absolute Gasteiger partial charge is 0.419 e. The van der Waals surface area contributed by atoms with Gasteiger partial charge in [-0.2, -0.15) is 28.2 Å². The molecule has 1 atom stereocenters. The molecule has 0 saturated carbocycles. The third-order valence-electron chi connectivity index (χ3n) is 5.09. The van der Waals surface area contributed by atoms with Crippen LogP contribution in [0, 0.1) is 0 Å². The van der Waals surface area contributed by atoms with Crippen molar-refractivity contribution in [3.63, 3.8) is 0 Å². The van der Waals surface area contributed by atoms with E-state index in [2.05, 4.69) is 25.5 Å². The number of anilines is 1. The van der Waals surface area contributed by atoms with Gasteiger partial charge in [-0.1, -0.05) is 0 Å². The fourth-order valence-electron chi connectivity index (χ4n) is 3.51. The number of alkyl halides is 3. The number of nitrogens with one attached hydrogen (secondary N) is 1. The van der Waals surface area contributed by atoms with E-state index in [9.17, 15) is 18.0 Å². The van der Waals surface area contributed by atoms with Crippen molar-refractivity contribution in [1.82, 2.24) is 29.9 Å². The number of aromatic nitrogens is 5. The highest BCUT2D eigenvalue weighted by atomic mass is 19.4. The summed E-state index contributed by atoms with van der Waals surface area (Å²) in [6.45, 7) is 0.875. The summed E-state index contributed by atoms with van der Waals surface area (Å²) in [5, 5.41) is 11.2. The number of piperidine rings is 1. The maximum atomic E-state index is 13.4. The van der Waals surface area contributed by atoms with Crippen molar-refractivity contribution < 1.29 is 22.7 Å². The van der Waals surface area contributed by atoms with Gasteiger partial charge in [0, 0.05) is 31.5 Å². The van der Waals surface area contributed by atoms with Gasteiger partial charge >= 0.3 is 6.18 Å². The number of benzene rings is 1. The van der Waals surface area contributed by atoms with Crippen molar-refractivity contribution in [3.8, 4) is 11.4 Å². The third kappa shape index (κ3) is 4.63. The van der Waals surface area contributed by atoms with Gasteiger partial charge in [-0.15, -0.1) is 0 Å². The Morgan fingerprint density at radius 1 is 1.19 bits per heavy atom. The second-order valence-corrected chi connectivity index (χ2v) is 7.23. The van der Waals surface area contributed by atoms with Crippen LogP contribution in [-0.4, -0.2) is 62.0 Å². The summed E-state index contributed by atoms with van der Waals surface area (Å²) in [7, 11) is 1.51. The highest BCUT2D eigenvalue weighted by Gasteiger charge is 2.32. The second kappa shape index (κ2) is 8.81. The molecule has 3 heterocycles. The zero-order chi connectivity index (χ0) is 22.7. The van der Waals surface area contributed by atoms with Gasteiger partial charge in [0.05, 0.1) is 36.3 Å². The van der Waals surface area contributed by atoms with Crippen molar-refractivity contribution in [3.05, 3.63) is 54.1 Å². The van der Waals surface area contributed by atoms with Crippen LogP contribution >= 0.6 is 0 Å². The van der Waals surface area contributed by atoms with Crippen LogP contribution in [0.4, 0.5) is 19.1 Å². The van der Waals surface area contributed by atoms with E-state index in [1.807, 2.05) is 0 Å². The van der Waals surface area contributed by atoms with Crippen molar-refractivity contribution in [2.24, 2.45) is 0 Å². The first-order chi connectivity index (χ1) is 15.3. The van der Waals surface area contributed by atoms with E-state index in [4.69, 9.17) is 4.74 Å². The molecule has 2 aromatic heterocycles. The SMILES string of the molecule is COc1ccc(-n2nccn2)c(C(=O)N2CCCC(Nc3ncc(C(F)(F)F)cn3)C2)c1. The Hall–Kier alpha value is -3.70. The van der Waals surface area contributed by atoms with Gasteiger partial charge in [-0.25, -0.2) is 9.97 Å². The molecule has 1 saturated heterocycles. The molecule has 1 amide bonds. The summed E-state index contributed by atoms with van der Waals surface area (Å²) < 4.78 is 43.4. The van der Waals surface area contributed by atoms with Crippen LogP contribution in [0.3, 0.4) is 0 Å². The predicted molar refractivity (Wildman–Crippen MR) is 107 cm³/mol. The number of carbonyl (C=O) groups excluding carboxylic acids is 1. The number of carbonyl (C=O) groups is 1. The van der Waals surface area contributed by atoms with E-state index in [1.54, 1.807) is 23.1 Å². The molecule has 168 valence electrons. The molecule has 9 nitrogen and oxygen atoms in total. The Morgan fingerprint density at radius 3 is 2.56 bits per heavy atom. The Balaban J connectivity index is 1.51. The largest absolute Gasteiger partial charge is 0.497 e. The predicted octanol–water partition coefficient (Wildman–Crippen LogP) is 2.80. The van der Waals surface area contributed by atoms with Gasteiger partial charge in [-0.05, 0) is 31.0 Å². The van der Waals surface area contributed by atoms with Gasteiger partial charge in [-0.3, -0.25) is 4.79 Å². The Labute approximate surface area is 181 Å². The number of methoxy groups -OCH3 is 1. The molecule has 0 bridgehead atoms. The van der Waals surface area contributed by atoms with E-state index in [1.165, 1.54) is 24.3 Å². The van der Waals surface area contributed by atoms with Crippen LogP contribution in [0.1, 0.15) is 28.8 Å². The average Bonchev–Trinajstić information content (AvgIpc) is 3.33.